The molecule has 1 aliphatic rings. The standard InChI is InChI=1S/C15H19BrN2O2/c1-11-8-12(16)5-6-14(11)17-15(20)9-18-7-3-2-4-13(18)10-19/h5-6,8,10,13H,2-4,7,9H2,1H3,(H,17,20). The highest BCUT2D eigenvalue weighted by Crippen LogP contribution is 2.20. The predicted molar refractivity (Wildman–Crippen MR) is 82.8 cm³/mol. The molecule has 1 saturated heterocycles. The highest BCUT2D eigenvalue weighted by atomic mass is 79.9. The largest absolute Gasteiger partial charge is 0.325 e. The number of carbonyl (C=O) groups excluding carboxylic acids is 2. The molecule has 2 rings (SSSR count). The van der Waals surface area contributed by atoms with Crippen molar-refractivity contribution in [1.82, 2.24) is 4.90 Å². The lowest BCUT2D eigenvalue weighted by atomic mass is 10.0. The van der Waals surface area contributed by atoms with Gasteiger partial charge in [-0.25, -0.2) is 0 Å². The Morgan fingerprint density at radius 3 is 3.00 bits per heavy atom. The zero-order valence-electron chi connectivity index (χ0n) is 11.6. The van der Waals surface area contributed by atoms with Crippen LogP contribution in [0.3, 0.4) is 0 Å². The van der Waals surface area contributed by atoms with Crippen LogP contribution in [0.2, 0.25) is 0 Å². The smallest absolute Gasteiger partial charge is 0.238 e. The van der Waals surface area contributed by atoms with Crippen LogP contribution in [0.4, 0.5) is 5.69 Å². The molecular weight excluding hydrogens is 320 g/mol. The summed E-state index contributed by atoms with van der Waals surface area (Å²) in [6, 6.07) is 5.63. The summed E-state index contributed by atoms with van der Waals surface area (Å²) in [7, 11) is 0. The third-order valence-electron chi connectivity index (χ3n) is 3.63. The summed E-state index contributed by atoms with van der Waals surface area (Å²) in [6.07, 6.45) is 3.92. The van der Waals surface area contributed by atoms with Gasteiger partial charge >= 0.3 is 0 Å². The number of anilines is 1. The van der Waals surface area contributed by atoms with Crippen LogP contribution < -0.4 is 5.32 Å². The molecule has 0 saturated carbocycles. The molecule has 1 fully saturated rings. The molecule has 4 nitrogen and oxygen atoms in total. The fourth-order valence-corrected chi connectivity index (χ4v) is 2.98. The maximum Gasteiger partial charge on any atom is 0.238 e. The molecule has 1 aromatic carbocycles. The Morgan fingerprint density at radius 1 is 1.50 bits per heavy atom. The molecule has 1 heterocycles. The number of likely N-dealkylation sites (tertiary alicyclic amines) is 1. The number of benzene rings is 1. The number of hydrogen-bond donors (Lipinski definition) is 1. The fraction of sp³-hybridized carbons (Fsp3) is 0.467. The van der Waals surface area contributed by atoms with E-state index in [1.54, 1.807) is 0 Å². The highest BCUT2D eigenvalue weighted by Gasteiger charge is 2.23. The Kier molecular flexibility index (Phi) is 5.31. The summed E-state index contributed by atoms with van der Waals surface area (Å²) in [6.45, 7) is 3.05. The lowest BCUT2D eigenvalue weighted by molar-refractivity contribution is -0.120. The summed E-state index contributed by atoms with van der Waals surface area (Å²) in [4.78, 5) is 25.1. The van der Waals surface area contributed by atoms with Gasteiger partial charge in [-0.2, -0.15) is 0 Å². The first-order valence-corrected chi connectivity index (χ1v) is 7.65. The van der Waals surface area contributed by atoms with Gasteiger partial charge in [0.25, 0.3) is 0 Å². The van der Waals surface area contributed by atoms with Gasteiger partial charge in [-0.15, -0.1) is 0 Å². The number of halogens is 1. The Labute approximate surface area is 127 Å². The topological polar surface area (TPSA) is 49.4 Å². The van der Waals surface area contributed by atoms with Crippen LogP contribution in [0, 0.1) is 6.92 Å². The minimum Gasteiger partial charge on any atom is -0.325 e. The second-order valence-corrected chi connectivity index (χ2v) is 6.09. The van der Waals surface area contributed by atoms with Gasteiger partial charge in [0.2, 0.25) is 5.91 Å². The third kappa shape index (κ3) is 3.90. The molecule has 0 aliphatic carbocycles. The zero-order chi connectivity index (χ0) is 14.5. The molecule has 1 aromatic rings. The van der Waals surface area contributed by atoms with Crippen molar-refractivity contribution in [2.24, 2.45) is 0 Å². The van der Waals surface area contributed by atoms with Gasteiger partial charge in [0, 0.05) is 10.2 Å². The molecule has 20 heavy (non-hydrogen) atoms. The van der Waals surface area contributed by atoms with Crippen molar-refractivity contribution in [2.75, 3.05) is 18.4 Å². The lowest BCUT2D eigenvalue weighted by Crippen LogP contribution is -2.44. The number of hydrogen-bond acceptors (Lipinski definition) is 3. The van der Waals surface area contributed by atoms with E-state index in [0.29, 0.717) is 0 Å². The first-order valence-electron chi connectivity index (χ1n) is 6.85. The van der Waals surface area contributed by atoms with Crippen LogP contribution in [0.15, 0.2) is 22.7 Å². The van der Waals surface area contributed by atoms with E-state index >= 15 is 0 Å². The molecule has 0 spiro atoms. The van der Waals surface area contributed by atoms with Gasteiger partial charge in [-0.05, 0) is 50.1 Å². The van der Waals surface area contributed by atoms with Gasteiger partial charge in [-0.3, -0.25) is 9.69 Å². The van der Waals surface area contributed by atoms with Crippen LogP contribution >= 0.6 is 15.9 Å². The third-order valence-corrected chi connectivity index (χ3v) is 4.12. The number of aldehydes is 1. The number of carbonyl (C=O) groups is 2. The quantitative estimate of drug-likeness (QED) is 0.858. The molecule has 1 atom stereocenters. The first-order chi connectivity index (χ1) is 9.60. The minimum absolute atomic E-state index is 0.0656. The summed E-state index contributed by atoms with van der Waals surface area (Å²) in [5.41, 5.74) is 1.83. The van der Waals surface area contributed by atoms with E-state index in [-0.39, 0.29) is 18.5 Å². The number of piperidine rings is 1. The average Bonchev–Trinajstić information content (AvgIpc) is 2.42. The molecule has 108 valence electrons. The molecule has 1 N–H and O–H groups in total. The number of nitrogens with one attached hydrogen (secondary N) is 1. The van der Waals surface area contributed by atoms with Gasteiger partial charge in [0.15, 0.2) is 0 Å². The maximum atomic E-state index is 12.1. The second kappa shape index (κ2) is 6.99. The number of amides is 1. The van der Waals surface area contributed by atoms with E-state index in [2.05, 4.69) is 21.2 Å². The first kappa shape index (κ1) is 15.2. The average molecular weight is 339 g/mol. The summed E-state index contributed by atoms with van der Waals surface area (Å²) >= 11 is 3.40. The number of aryl methyl sites for hydroxylation is 1. The van der Waals surface area contributed by atoms with Crippen molar-refractivity contribution < 1.29 is 9.59 Å². The summed E-state index contributed by atoms with van der Waals surface area (Å²) in [5, 5.41) is 2.91. The Morgan fingerprint density at radius 2 is 2.30 bits per heavy atom. The van der Waals surface area contributed by atoms with Crippen molar-refractivity contribution in [3.8, 4) is 0 Å². The maximum absolute atomic E-state index is 12.1. The highest BCUT2D eigenvalue weighted by molar-refractivity contribution is 9.10. The number of nitrogens with zero attached hydrogens (tertiary/aromatic N) is 1. The Balaban J connectivity index is 1.96. The molecule has 5 heteroatoms. The number of rotatable bonds is 4. The van der Waals surface area contributed by atoms with Crippen LogP contribution in [0.5, 0.6) is 0 Å². The van der Waals surface area contributed by atoms with Gasteiger partial charge in [-0.1, -0.05) is 22.4 Å². The van der Waals surface area contributed by atoms with Gasteiger partial charge in [0.05, 0.1) is 12.6 Å². The van der Waals surface area contributed by atoms with Crippen molar-refractivity contribution in [1.29, 1.82) is 0 Å². The molecular formula is C15H19BrN2O2. The van der Waals surface area contributed by atoms with Crippen molar-refractivity contribution in [3.05, 3.63) is 28.2 Å². The Bertz CT molecular complexity index is 505. The zero-order valence-corrected chi connectivity index (χ0v) is 13.1. The summed E-state index contributed by atoms with van der Waals surface area (Å²) < 4.78 is 0.991. The van der Waals surface area contributed by atoms with E-state index in [9.17, 15) is 9.59 Å². The van der Waals surface area contributed by atoms with E-state index in [4.69, 9.17) is 0 Å². The van der Waals surface area contributed by atoms with Gasteiger partial charge in [0.1, 0.15) is 6.29 Å². The fourth-order valence-electron chi connectivity index (χ4n) is 2.51. The molecule has 1 amide bonds. The van der Waals surface area contributed by atoms with E-state index in [1.807, 2.05) is 30.0 Å². The minimum atomic E-state index is -0.111. The monoisotopic (exact) mass is 338 g/mol. The molecule has 0 aromatic heterocycles. The van der Waals surface area contributed by atoms with Gasteiger partial charge < -0.3 is 10.1 Å². The van der Waals surface area contributed by atoms with Crippen LogP contribution in [-0.2, 0) is 9.59 Å². The lowest BCUT2D eigenvalue weighted by Gasteiger charge is -2.31. The van der Waals surface area contributed by atoms with Crippen LogP contribution in [0.25, 0.3) is 0 Å². The van der Waals surface area contributed by atoms with E-state index < -0.39 is 0 Å². The molecule has 0 radical (unpaired) electrons. The van der Waals surface area contributed by atoms with Crippen LogP contribution in [0.1, 0.15) is 24.8 Å². The molecule has 1 aliphatic heterocycles. The summed E-state index contributed by atoms with van der Waals surface area (Å²) in [5.74, 6) is -0.0656. The normalized spacial score (nSPS) is 19.6. The van der Waals surface area contributed by atoms with Crippen molar-refractivity contribution >= 4 is 33.8 Å². The predicted octanol–water partition coefficient (Wildman–Crippen LogP) is 2.75. The van der Waals surface area contributed by atoms with Crippen molar-refractivity contribution in [2.45, 2.75) is 32.2 Å². The molecule has 1 unspecified atom stereocenters. The molecule has 0 bridgehead atoms. The van der Waals surface area contributed by atoms with E-state index in [0.717, 1.165) is 47.8 Å². The van der Waals surface area contributed by atoms with Crippen LogP contribution in [-0.4, -0.2) is 36.2 Å². The van der Waals surface area contributed by atoms with E-state index in [1.165, 1.54) is 0 Å². The SMILES string of the molecule is Cc1cc(Br)ccc1NC(=O)CN1CCCCC1C=O. The Hall–Kier alpha value is -1.20. The second-order valence-electron chi connectivity index (χ2n) is 5.18. The van der Waals surface area contributed by atoms with Crippen molar-refractivity contribution in [3.63, 3.8) is 0 Å².